The number of amidine groups is 1. The third-order valence-corrected chi connectivity index (χ3v) is 5.95. The van der Waals surface area contributed by atoms with Crippen molar-refractivity contribution in [1.29, 1.82) is 0 Å². The van der Waals surface area contributed by atoms with Gasteiger partial charge in [-0.05, 0) is 31.2 Å². The summed E-state index contributed by atoms with van der Waals surface area (Å²) in [5.74, 6) is 0.179. The van der Waals surface area contributed by atoms with Crippen LogP contribution in [0.15, 0.2) is 47.6 Å². The molecule has 5 rings (SSSR count). The van der Waals surface area contributed by atoms with Gasteiger partial charge in [-0.3, -0.25) is 4.79 Å². The number of ketones is 1. The molecule has 124 valence electrons. The van der Waals surface area contributed by atoms with E-state index in [9.17, 15) is 9.90 Å². The highest BCUT2D eigenvalue weighted by atomic mass is 32.1. The molecule has 1 aromatic carbocycles. The van der Waals surface area contributed by atoms with E-state index in [1.54, 1.807) is 17.5 Å². The van der Waals surface area contributed by atoms with Gasteiger partial charge in [0.2, 0.25) is 5.78 Å². The molecule has 1 N–H and O–H groups in total. The number of anilines is 1. The summed E-state index contributed by atoms with van der Waals surface area (Å²) in [5.41, 5.74) is 0.581. The van der Waals surface area contributed by atoms with Crippen LogP contribution in [0.2, 0.25) is 0 Å². The number of aliphatic imine (C=N–C) groups is 1. The van der Waals surface area contributed by atoms with E-state index < -0.39 is 5.60 Å². The molecule has 2 aliphatic rings. The normalized spacial score (nSPS) is 22.1. The SMILES string of the molecule is Cc1ccc2c(c1)C(=O)C1(O)CCN(c3cc4cccnc4s3)C1=N2. The fourth-order valence-electron chi connectivity index (χ4n) is 3.56. The summed E-state index contributed by atoms with van der Waals surface area (Å²) in [5, 5.41) is 13.1. The molecule has 3 aromatic rings. The van der Waals surface area contributed by atoms with Gasteiger partial charge in [-0.1, -0.05) is 29.0 Å². The maximum Gasteiger partial charge on any atom is 0.204 e. The smallest absolute Gasteiger partial charge is 0.204 e. The second-order valence-electron chi connectivity index (χ2n) is 6.53. The average molecular weight is 349 g/mol. The zero-order chi connectivity index (χ0) is 17.2. The zero-order valence-corrected chi connectivity index (χ0v) is 14.4. The Morgan fingerprint density at radius 1 is 1.28 bits per heavy atom. The first-order valence-corrected chi connectivity index (χ1v) is 8.97. The molecule has 0 amide bonds. The highest BCUT2D eigenvalue weighted by Crippen LogP contribution is 2.42. The Morgan fingerprint density at radius 2 is 2.16 bits per heavy atom. The summed E-state index contributed by atoms with van der Waals surface area (Å²) >= 11 is 1.55. The Hall–Kier alpha value is -2.57. The first kappa shape index (κ1) is 14.7. The van der Waals surface area contributed by atoms with Crippen molar-refractivity contribution in [3.63, 3.8) is 0 Å². The highest BCUT2D eigenvalue weighted by molar-refractivity contribution is 7.22. The van der Waals surface area contributed by atoms with Gasteiger partial charge in [-0.25, -0.2) is 9.98 Å². The maximum atomic E-state index is 13.0. The minimum Gasteiger partial charge on any atom is -0.374 e. The van der Waals surface area contributed by atoms with Crippen LogP contribution in [0.1, 0.15) is 22.3 Å². The second kappa shape index (κ2) is 4.97. The van der Waals surface area contributed by atoms with Crippen LogP contribution in [0.5, 0.6) is 0 Å². The fourth-order valence-corrected chi connectivity index (χ4v) is 4.59. The Kier molecular flexibility index (Phi) is 2.93. The first-order chi connectivity index (χ1) is 12.1. The van der Waals surface area contributed by atoms with Crippen LogP contribution in [-0.4, -0.2) is 33.9 Å². The minimum atomic E-state index is -1.54. The lowest BCUT2D eigenvalue weighted by Gasteiger charge is -2.29. The molecule has 1 unspecified atom stereocenters. The Labute approximate surface area is 148 Å². The van der Waals surface area contributed by atoms with Crippen LogP contribution < -0.4 is 4.90 Å². The predicted octanol–water partition coefficient (Wildman–Crippen LogP) is 3.47. The van der Waals surface area contributed by atoms with Crippen molar-refractivity contribution in [2.45, 2.75) is 18.9 Å². The number of benzene rings is 1. The maximum absolute atomic E-state index is 13.0. The molecular formula is C19H15N3O2S. The van der Waals surface area contributed by atoms with Crippen LogP contribution in [0.4, 0.5) is 10.7 Å². The lowest BCUT2D eigenvalue weighted by atomic mass is 9.87. The van der Waals surface area contributed by atoms with E-state index in [2.05, 4.69) is 9.98 Å². The van der Waals surface area contributed by atoms with Gasteiger partial charge in [-0.15, -0.1) is 0 Å². The van der Waals surface area contributed by atoms with Gasteiger partial charge in [0.15, 0.2) is 11.4 Å². The van der Waals surface area contributed by atoms with Gasteiger partial charge >= 0.3 is 0 Å². The number of fused-ring (bicyclic) bond motifs is 3. The molecule has 0 bridgehead atoms. The highest BCUT2D eigenvalue weighted by Gasteiger charge is 2.52. The topological polar surface area (TPSA) is 65.8 Å². The number of nitrogens with zero attached hydrogens (tertiary/aromatic N) is 3. The molecule has 4 heterocycles. The molecule has 1 atom stereocenters. The summed E-state index contributed by atoms with van der Waals surface area (Å²) in [6.45, 7) is 2.49. The number of aryl methyl sites for hydroxylation is 1. The van der Waals surface area contributed by atoms with E-state index in [1.807, 2.05) is 48.2 Å². The number of thiophene rings is 1. The molecule has 2 aliphatic heterocycles. The standard InChI is InChI=1S/C19H15N3O2S/c1-11-4-5-14-13(9-11)16(23)19(24)6-8-22(18(19)21-14)15-10-12-3-2-7-20-17(12)25-15/h2-5,7,9-10,24H,6,8H2,1H3. The Balaban J connectivity index is 1.67. The van der Waals surface area contributed by atoms with Crippen molar-refractivity contribution in [2.75, 3.05) is 11.4 Å². The molecule has 25 heavy (non-hydrogen) atoms. The Bertz CT molecular complexity index is 1040. The van der Waals surface area contributed by atoms with E-state index in [0.29, 0.717) is 30.1 Å². The largest absolute Gasteiger partial charge is 0.374 e. The van der Waals surface area contributed by atoms with Crippen LogP contribution in [0, 0.1) is 6.92 Å². The van der Waals surface area contributed by atoms with Crippen molar-refractivity contribution in [3.8, 4) is 0 Å². The van der Waals surface area contributed by atoms with Crippen LogP contribution >= 0.6 is 11.3 Å². The van der Waals surface area contributed by atoms with Gasteiger partial charge < -0.3 is 10.0 Å². The van der Waals surface area contributed by atoms with Crippen molar-refractivity contribution in [2.24, 2.45) is 4.99 Å². The number of aliphatic hydroxyl groups is 1. The van der Waals surface area contributed by atoms with E-state index in [-0.39, 0.29) is 5.78 Å². The molecule has 0 spiro atoms. The van der Waals surface area contributed by atoms with Crippen molar-refractivity contribution >= 4 is 43.9 Å². The van der Waals surface area contributed by atoms with Crippen molar-refractivity contribution in [3.05, 3.63) is 53.7 Å². The number of carbonyl (C=O) groups excluding carboxylic acids is 1. The van der Waals surface area contributed by atoms with E-state index >= 15 is 0 Å². The number of carbonyl (C=O) groups is 1. The van der Waals surface area contributed by atoms with Gasteiger partial charge in [0.1, 0.15) is 4.83 Å². The fraction of sp³-hybridized carbons (Fsp3) is 0.211. The predicted molar refractivity (Wildman–Crippen MR) is 99.1 cm³/mol. The van der Waals surface area contributed by atoms with Crippen LogP contribution in [0.3, 0.4) is 0 Å². The third kappa shape index (κ3) is 2.01. The van der Waals surface area contributed by atoms with Gasteiger partial charge in [0.05, 0.1) is 10.7 Å². The number of rotatable bonds is 1. The van der Waals surface area contributed by atoms with Crippen molar-refractivity contribution in [1.82, 2.24) is 4.98 Å². The summed E-state index contributed by atoms with van der Waals surface area (Å²) in [6.07, 6.45) is 2.11. The minimum absolute atomic E-state index is 0.252. The van der Waals surface area contributed by atoms with E-state index in [0.717, 1.165) is 20.8 Å². The lowest BCUT2D eigenvalue weighted by Crippen LogP contribution is -2.48. The number of aromatic nitrogens is 1. The quantitative estimate of drug-likeness (QED) is 0.730. The van der Waals surface area contributed by atoms with Gasteiger partial charge in [0.25, 0.3) is 0 Å². The molecule has 6 heteroatoms. The summed E-state index contributed by atoms with van der Waals surface area (Å²) in [6, 6.07) is 11.5. The van der Waals surface area contributed by atoms with E-state index in [1.165, 1.54) is 0 Å². The molecule has 5 nitrogen and oxygen atoms in total. The molecule has 2 aromatic heterocycles. The molecular weight excluding hydrogens is 334 g/mol. The van der Waals surface area contributed by atoms with Crippen LogP contribution in [0.25, 0.3) is 10.2 Å². The number of Topliss-reactive ketones (excluding diaryl/α,β-unsaturated/α-hetero) is 1. The van der Waals surface area contributed by atoms with Crippen molar-refractivity contribution < 1.29 is 9.90 Å². The summed E-state index contributed by atoms with van der Waals surface area (Å²) in [4.78, 5) is 24.9. The number of pyridine rings is 1. The monoisotopic (exact) mass is 349 g/mol. The third-order valence-electron chi connectivity index (χ3n) is 4.87. The second-order valence-corrected chi connectivity index (χ2v) is 7.54. The van der Waals surface area contributed by atoms with Crippen LogP contribution in [-0.2, 0) is 0 Å². The number of hydrogen-bond donors (Lipinski definition) is 1. The number of hydrogen-bond acceptors (Lipinski definition) is 6. The van der Waals surface area contributed by atoms with Gasteiger partial charge in [0, 0.05) is 30.1 Å². The Morgan fingerprint density at radius 3 is 3.00 bits per heavy atom. The molecule has 1 saturated heterocycles. The molecule has 0 saturated carbocycles. The first-order valence-electron chi connectivity index (χ1n) is 8.15. The average Bonchev–Trinajstić information content (AvgIpc) is 3.17. The zero-order valence-electron chi connectivity index (χ0n) is 13.6. The molecule has 1 fully saturated rings. The van der Waals surface area contributed by atoms with Gasteiger partial charge in [-0.2, -0.15) is 0 Å². The lowest BCUT2D eigenvalue weighted by molar-refractivity contribution is 0.0602. The summed E-state index contributed by atoms with van der Waals surface area (Å²) < 4.78 is 0. The van der Waals surface area contributed by atoms with E-state index in [4.69, 9.17) is 0 Å². The molecule has 0 radical (unpaired) electrons. The summed E-state index contributed by atoms with van der Waals surface area (Å²) in [7, 11) is 0. The molecule has 0 aliphatic carbocycles.